The van der Waals surface area contributed by atoms with Crippen molar-refractivity contribution in [1.82, 2.24) is 41.0 Å². The van der Waals surface area contributed by atoms with Gasteiger partial charge in [0.15, 0.2) is 0 Å². The van der Waals surface area contributed by atoms with Gasteiger partial charge in [-0.1, -0.05) is 23.7 Å². The van der Waals surface area contributed by atoms with Gasteiger partial charge in [-0.15, -0.1) is 5.10 Å². The van der Waals surface area contributed by atoms with Gasteiger partial charge >= 0.3 is 6.09 Å². The van der Waals surface area contributed by atoms with Gasteiger partial charge in [-0.3, -0.25) is 14.9 Å². The zero-order valence-corrected chi connectivity index (χ0v) is 24.8. The smallest absolute Gasteiger partial charge is 0.411 e. The van der Waals surface area contributed by atoms with Crippen molar-refractivity contribution >= 4 is 35.4 Å². The lowest BCUT2D eigenvalue weighted by atomic mass is 9.90. The summed E-state index contributed by atoms with van der Waals surface area (Å²) < 4.78 is 6.11. The highest BCUT2D eigenvalue weighted by atomic mass is 35.5. The Labute approximate surface area is 258 Å². The van der Waals surface area contributed by atoms with Gasteiger partial charge in [0.05, 0.1) is 30.1 Å². The molecule has 1 aliphatic rings. The zero-order chi connectivity index (χ0) is 30.9. The molecule has 2 amide bonds. The molecule has 4 N–H and O–H groups in total. The minimum absolute atomic E-state index is 0.337. The molecule has 2 aromatic carbocycles. The number of aromatic nitrogens is 6. The standard InChI is InChI=1S/C30H32ClN9O4/c1-44-30(43)34-23-7-3-20(4-8-23)24-17-26(36-37-29(24)42)25(9-2-19-12-14-32-15-13-19)35-28(41)11-5-21-16-22(31)6-10-27(21)40-18-33-38-39-40/h3-8,10-11,16-19,25,32H,2,9,12-15H2,1H3,(H,34,43)(H,35,41)(H,37,42). The fraction of sp³-hybridized carbons (Fsp3) is 0.300. The number of anilines is 1. The predicted molar refractivity (Wildman–Crippen MR) is 165 cm³/mol. The number of hydrogen-bond acceptors (Lipinski definition) is 9. The maximum absolute atomic E-state index is 13.3. The number of H-pyrrole nitrogens is 1. The van der Waals surface area contributed by atoms with Gasteiger partial charge in [-0.05, 0) is 103 Å². The lowest BCUT2D eigenvalue weighted by Crippen LogP contribution is -2.31. The molecule has 0 radical (unpaired) electrons. The monoisotopic (exact) mass is 617 g/mol. The molecule has 228 valence electrons. The van der Waals surface area contributed by atoms with Crippen molar-refractivity contribution in [3.8, 4) is 16.8 Å². The molecule has 44 heavy (non-hydrogen) atoms. The number of ether oxygens (including phenoxy) is 1. The summed E-state index contributed by atoms with van der Waals surface area (Å²) in [6, 6.07) is 13.2. The summed E-state index contributed by atoms with van der Waals surface area (Å²) in [7, 11) is 1.28. The number of methoxy groups -OCH3 is 1. The molecule has 1 aliphatic heterocycles. The average Bonchev–Trinajstić information content (AvgIpc) is 3.58. The third-order valence-electron chi connectivity index (χ3n) is 7.45. The van der Waals surface area contributed by atoms with Crippen LogP contribution in [0.5, 0.6) is 0 Å². The van der Waals surface area contributed by atoms with Crippen molar-refractivity contribution in [1.29, 1.82) is 0 Å². The second kappa shape index (κ2) is 14.5. The molecule has 3 heterocycles. The Morgan fingerprint density at radius 2 is 1.95 bits per heavy atom. The highest BCUT2D eigenvalue weighted by Gasteiger charge is 2.21. The van der Waals surface area contributed by atoms with Gasteiger partial charge in [-0.2, -0.15) is 9.78 Å². The van der Waals surface area contributed by atoms with E-state index < -0.39 is 12.1 Å². The molecule has 13 nitrogen and oxygen atoms in total. The third kappa shape index (κ3) is 7.94. The van der Waals surface area contributed by atoms with Gasteiger partial charge in [0.25, 0.3) is 5.56 Å². The summed E-state index contributed by atoms with van der Waals surface area (Å²) in [6.07, 6.45) is 7.59. The Bertz CT molecular complexity index is 1670. The number of benzene rings is 2. The molecule has 5 rings (SSSR count). The minimum Gasteiger partial charge on any atom is -0.453 e. The summed E-state index contributed by atoms with van der Waals surface area (Å²) in [5.41, 5.74) is 3.01. The Morgan fingerprint density at radius 1 is 1.16 bits per heavy atom. The van der Waals surface area contributed by atoms with Crippen molar-refractivity contribution < 1.29 is 14.3 Å². The quantitative estimate of drug-likeness (QED) is 0.193. The molecule has 0 bridgehead atoms. The van der Waals surface area contributed by atoms with E-state index in [9.17, 15) is 14.4 Å². The first-order valence-electron chi connectivity index (χ1n) is 14.2. The lowest BCUT2D eigenvalue weighted by Gasteiger charge is -2.25. The molecule has 1 saturated heterocycles. The largest absolute Gasteiger partial charge is 0.453 e. The van der Waals surface area contributed by atoms with E-state index in [4.69, 9.17) is 11.6 Å². The van der Waals surface area contributed by atoms with Gasteiger partial charge in [0, 0.05) is 22.3 Å². The number of tetrazole rings is 1. The van der Waals surface area contributed by atoms with Crippen molar-refractivity contribution in [3.05, 3.63) is 87.6 Å². The Morgan fingerprint density at radius 3 is 2.68 bits per heavy atom. The molecule has 14 heteroatoms. The number of nitrogens with one attached hydrogen (secondary N) is 4. The van der Waals surface area contributed by atoms with Crippen LogP contribution >= 0.6 is 11.6 Å². The number of nitrogens with zero attached hydrogens (tertiary/aromatic N) is 5. The minimum atomic E-state index is -0.592. The van der Waals surface area contributed by atoms with Crippen LogP contribution in [0.25, 0.3) is 22.9 Å². The van der Waals surface area contributed by atoms with E-state index >= 15 is 0 Å². The second-order valence-electron chi connectivity index (χ2n) is 10.4. The summed E-state index contributed by atoms with van der Waals surface area (Å²) >= 11 is 6.23. The number of rotatable bonds is 10. The molecule has 1 unspecified atom stereocenters. The Balaban J connectivity index is 1.38. The van der Waals surface area contributed by atoms with E-state index in [1.807, 2.05) is 0 Å². The van der Waals surface area contributed by atoms with Crippen LogP contribution in [0.15, 0.2) is 65.7 Å². The highest BCUT2D eigenvalue weighted by Crippen LogP contribution is 2.27. The highest BCUT2D eigenvalue weighted by molar-refractivity contribution is 6.30. The number of carbonyl (C=O) groups excluding carboxylic acids is 2. The van der Waals surface area contributed by atoms with Gasteiger partial charge < -0.3 is 15.4 Å². The van der Waals surface area contributed by atoms with E-state index in [0.717, 1.165) is 32.4 Å². The molecule has 0 spiro atoms. The normalized spacial score (nSPS) is 14.3. The SMILES string of the molecule is COC(=O)Nc1ccc(-c2cc(C(CCC3CCNCC3)NC(=O)C=Cc3cc(Cl)ccc3-n3cnnn3)n[nH]c2=O)cc1. The zero-order valence-electron chi connectivity index (χ0n) is 24.0. The van der Waals surface area contributed by atoms with E-state index in [0.29, 0.717) is 51.1 Å². The number of carbonyl (C=O) groups is 2. The topological polar surface area (TPSA) is 169 Å². The van der Waals surface area contributed by atoms with Crippen molar-refractivity contribution in [2.45, 2.75) is 31.7 Å². The number of amides is 2. The molecule has 1 atom stereocenters. The van der Waals surface area contributed by atoms with Gasteiger partial charge in [-0.25, -0.2) is 9.89 Å². The number of piperidine rings is 1. The second-order valence-corrected chi connectivity index (χ2v) is 10.8. The van der Waals surface area contributed by atoms with Crippen LogP contribution in [0.2, 0.25) is 5.02 Å². The van der Waals surface area contributed by atoms with Crippen LogP contribution in [0, 0.1) is 5.92 Å². The molecule has 0 saturated carbocycles. The van der Waals surface area contributed by atoms with Crippen LogP contribution in [0.4, 0.5) is 10.5 Å². The van der Waals surface area contributed by atoms with E-state index in [1.54, 1.807) is 54.6 Å². The molecule has 1 fully saturated rings. The summed E-state index contributed by atoms with van der Waals surface area (Å²) in [5, 5.41) is 27.8. The number of hydrogen-bond donors (Lipinski definition) is 4. The van der Waals surface area contributed by atoms with Crippen molar-refractivity contribution in [3.63, 3.8) is 0 Å². The molecule has 0 aliphatic carbocycles. The van der Waals surface area contributed by atoms with Crippen LogP contribution in [0.3, 0.4) is 0 Å². The molecule has 4 aromatic rings. The summed E-state index contributed by atoms with van der Waals surface area (Å²) in [6.45, 7) is 1.94. The van der Waals surface area contributed by atoms with Crippen LogP contribution in [-0.2, 0) is 9.53 Å². The van der Waals surface area contributed by atoms with Crippen LogP contribution < -0.4 is 21.5 Å². The molecular weight excluding hydrogens is 586 g/mol. The average molecular weight is 618 g/mol. The fourth-order valence-corrected chi connectivity index (χ4v) is 5.29. The molecule has 2 aromatic heterocycles. The maximum atomic E-state index is 13.3. The third-order valence-corrected chi connectivity index (χ3v) is 7.68. The van der Waals surface area contributed by atoms with Crippen LogP contribution in [-0.4, -0.2) is 62.6 Å². The summed E-state index contributed by atoms with van der Waals surface area (Å²) in [4.78, 5) is 37.6. The Kier molecular flexibility index (Phi) is 10.1. The first kappa shape index (κ1) is 30.6. The first-order chi connectivity index (χ1) is 21.4. The van der Waals surface area contributed by atoms with E-state index in [1.165, 1.54) is 24.2 Å². The first-order valence-corrected chi connectivity index (χ1v) is 14.5. The van der Waals surface area contributed by atoms with Crippen molar-refractivity contribution in [2.75, 3.05) is 25.5 Å². The van der Waals surface area contributed by atoms with Crippen molar-refractivity contribution in [2.24, 2.45) is 5.92 Å². The maximum Gasteiger partial charge on any atom is 0.411 e. The van der Waals surface area contributed by atoms with E-state index in [-0.39, 0.29) is 11.5 Å². The summed E-state index contributed by atoms with van der Waals surface area (Å²) in [5.74, 6) is 0.185. The lowest BCUT2D eigenvalue weighted by molar-refractivity contribution is -0.117. The fourth-order valence-electron chi connectivity index (χ4n) is 5.11. The van der Waals surface area contributed by atoms with Gasteiger partial charge in [0.2, 0.25) is 5.91 Å². The van der Waals surface area contributed by atoms with Gasteiger partial charge in [0.1, 0.15) is 6.33 Å². The number of halogens is 1. The Hall–Kier alpha value is -4.88. The van der Waals surface area contributed by atoms with Crippen LogP contribution in [0.1, 0.15) is 43.0 Å². The number of aromatic amines is 1. The molecular formula is C30H32ClN9O4. The van der Waals surface area contributed by atoms with E-state index in [2.05, 4.69) is 46.4 Å². The predicted octanol–water partition coefficient (Wildman–Crippen LogP) is 3.89.